The minimum absolute atomic E-state index is 0.0197. The molecular weight excluding hydrogens is 458 g/mol. The van der Waals surface area contributed by atoms with Crippen molar-refractivity contribution in [3.05, 3.63) is 120 Å². The molecular formula is C28H23N3O3S. The normalized spacial score (nSPS) is 10.6. The number of hydrogen-bond donors (Lipinski definition) is 3. The van der Waals surface area contributed by atoms with E-state index in [-0.39, 0.29) is 5.11 Å². The Bertz CT molecular complexity index is 1360. The van der Waals surface area contributed by atoms with Gasteiger partial charge in [-0.15, -0.1) is 0 Å². The summed E-state index contributed by atoms with van der Waals surface area (Å²) in [5.41, 5.74) is 7.39. The van der Waals surface area contributed by atoms with Crippen LogP contribution in [0.1, 0.15) is 21.5 Å². The van der Waals surface area contributed by atoms with Crippen LogP contribution in [0, 0.1) is 0 Å². The number of amides is 2. The summed E-state index contributed by atoms with van der Waals surface area (Å²) in [5, 5.41) is 4.62. The summed E-state index contributed by atoms with van der Waals surface area (Å²) in [6.07, 6.45) is 3.12. The largest absolute Gasteiger partial charge is 0.489 e. The second-order valence-electron chi connectivity index (χ2n) is 7.60. The molecule has 0 unspecified atom stereocenters. The maximum absolute atomic E-state index is 12.4. The molecule has 4 rings (SSSR count). The third kappa shape index (κ3) is 6.75. The summed E-state index contributed by atoms with van der Waals surface area (Å²) in [4.78, 5) is 24.6. The number of thiocarbonyl (C=S) groups is 1. The highest BCUT2D eigenvalue weighted by atomic mass is 32.1. The van der Waals surface area contributed by atoms with Crippen LogP contribution in [0.3, 0.4) is 0 Å². The fourth-order valence-electron chi connectivity index (χ4n) is 3.38. The van der Waals surface area contributed by atoms with E-state index >= 15 is 0 Å². The number of fused-ring (bicyclic) bond motifs is 1. The molecule has 3 N–H and O–H groups in total. The van der Waals surface area contributed by atoms with Crippen LogP contribution in [0.2, 0.25) is 0 Å². The molecule has 0 bridgehead atoms. The minimum Gasteiger partial charge on any atom is -0.489 e. The summed E-state index contributed by atoms with van der Waals surface area (Å²) in [7, 11) is 0. The Morgan fingerprint density at radius 3 is 2.31 bits per heavy atom. The summed E-state index contributed by atoms with van der Waals surface area (Å²) in [6, 6.07) is 30.3. The van der Waals surface area contributed by atoms with E-state index in [0.29, 0.717) is 17.9 Å². The van der Waals surface area contributed by atoms with Gasteiger partial charge >= 0.3 is 0 Å². The first-order valence-corrected chi connectivity index (χ1v) is 11.3. The Morgan fingerprint density at radius 2 is 1.51 bits per heavy atom. The van der Waals surface area contributed by atoms with Gasteiger partial charge in [-0.05, 0) is 64.5 Å². The van der Waals surface area contributed by atoms with E-state index in [1.54, 1.807) is 30.3 Å². The molecule has 0 radical (unpaired) electrons. The molecule has 0 atom stereocenters. The maximum atomic E-state index is 12.4. The lowest BCUT2D eigenvalue weighted by atomic mass is 10.0. The second-order valence-corrected chi connectivity index (χ2v) is 8.01. The third-order valence-electron chi connectivity index (χ3n) is 5.13. The number of hydrazine groups is 1. The van der Waals surface area contributed by atoms with Crippen LogP contribution in [0.4, 0.5) is 0 Å². The summed E-state index contributed by atoms with van der Waals surface area (Å²) < 4.78 is 5.73. The van der Waals surface area contributed by atoms with Gasteiger partial charge in [0, 0.05) is 11.6 Å². The van der Waals surface area contributed by atoms with Gasteiger partial charge in [-0.3, -0.25) is 25.8 Å². The lowest BCUT2D eigenvalue weighted by Gasteiger charge is -2.10. The molecule has 0 aliphatic carbocycles. The Hall–Kier alpha value is -4.49. The standard InChI is InChI=1S/C28H23N3O3S/c32-26(18-15-22-11-6-10-21-9-4-5-12-25(21)22)29-28(35)31-30-27(33)23-13-16-24(17-14-23)34-19-20-7-2-1-3-8-20/h1-18H,19H2,(H,30,33)(H2,29,31,32,35). The van der Waals surface area contributed by atoms with Crippen LogP contribution in [0.15, 0.2) is 103 Å². The highest BCUT2D eigenvalue weighted by Crippen LogP contribution is 2.19. The molecule has 6 nitrogen and oxygen atoms in total. The van der Waals surface area contributed by atoms with Crippen molar-refractivity contribution in [3.63, 3.8) is 0 Å². The highest BCUT2D eigenvalue weighted by molar-refractivity contribution is 7.80. The first-order chi connectivity index (χ1) is 17.1. The van der Waals surface area contributed by atoms with E-state index in [2.05, 4.69) is 16.2 Å². The zero-order valence-corrected chi connectivity index (χ0v) is 19.5. The van der Waals surface area contributed by atoms with Crippen LogP contribution in [0.5, 0.6) is 5.75 Å². The third-order valence-corrected chi connectivity index (χ3v) is 5.33. The molecule has 0 aliphatic heterocycles. The van der Waals surface area contributed by atoms with E-state index in [1.165, 1.54) is 6.08 Å². The van der Waals surface area contributed by atoms with Crippen molar-refractivity contribution < 1.29 is 14.3 Å². The topological polar surface area (TPSA) is 79.5 Å². The smallest absolute Gasteiger partial charge is 0.269 e. The molecule has 0 heterocycles. The van der Waals surface area contributed by atoms with Gasteiger partial charge < -0.3 is 4.74 Å². The number of benzene rings is 4. The van der Waals surface area contributed by atoms with Crippen molar-refractivity contribution in [2.75, 3.05) is 0 Å². The van der Waals surface area contributed by atoms with Crippen molar-refractivity contribution in [1.82, 2.24) is 16.2 Å². The lowest BCUT2D eigenvalue weighted by Crippen LogP contribution is -2.48. The van der Waals surface area contributed by atoms with Crippen molar-refractivity contribution in [2.24, 2.45) is 0 Å². The Morgan fingerprint density at radius 1 is 0.800 bits per heavy atom. The molecule has 0 fully saturated rings. The van der Waals surface area contributed by atoms with Crippen LogP contribution < -0.4 is 20.9 Å². The first-order valence-electron chi connectivity index (χ1n) is 10.9. The first kappa shape index (κ1) is 23.7. The van der Waals surface area contributed by atoms with E-state index in [9.17, 15) is 9.59 Å². The van der Waals surface area contributed by atoms with Gasteiger partial charge in [0.05, 0.1) is 0 Å². The van der Waals surface area contributed by atoms with Gasteiger partial charge in [-0.25, -0.2) is 0 Å². The average Bonchev–Trinajstić information content (AvgIpc) is 2.90. The SMILES string of the molecule is O=C(C=Cc1cccc2ccccc12)NC(=S)NNC(=O)c1ccc(OCc2ccccc2)cc1. The predicted octanol–water partition coefficient (Wildman–Crippen LogP) is 4.77. The van der Waals surface area contributed by atoms with Gasteiger partial charge in [0.1, 0.15) is 12.4 Å². The summed E-state index contributed by atoms with van der Waals surface area (Å²) >= 11 is 5.10. The number of carbonyl (C=O) groups is 2. The van der Waals surface area contributed by atoms with Gasteiger partial charge in [0.25, 0.3) is 5.91 Å². The fourth-order valence-corrected chi connectivity index (χ4v) is 3.53. The molecule has 0 saturated heterocycles. The van der Waals surface area contributed by atoms with Crippen LogP contribution >= 0.6 is 12.2 Å². The maximum Gasteiger partial charge on any atom is 0.269 e. The number of nitrogens with one attached hydrogen (secondary N) is 3. The number of carbonyl (C=O) groups excluding carboxylic acids is 2. The van der Waals surface area contributed by atoms with E-state index in [1.807, 2.05) is 72.8 Å². The monoisotopic (exact) mass is 481 g/mol. The van der Waals surface area contributed by atoms with E-state index in [4.69, 9.17) is 17.0 Å². The van der Waals surface area contributed by atoms with Crippen LogP contribution in [-0.2, 0) is 11.4 Å². The minimum atomic E-state index is -0.412. The van der Waals surface area contributed by atoms with Gasteiger partial charge in [0.2, 0.25) is 5.91 Å². The predicted molar refractivity (Wildman–Crippen MR) is 142 cm³/mol. The Labute approximate surface area is 208 Å². The molecule has 0 aliphatic rings. The molecule has 0 aromatic heterocycles. The highest BCUT2D eigenvalue weighted by Gasteiger charge is 2.07. The summed E-state index contributed by atoms with van der Waals surface area (Å²) in [6.45, 7) is 0.441. The fraction of sp³-hybridized carbons (Fsp3) is 0.0357. The lowest BCUT2D eigenvalue weighted by molar-refractivity contribution is -0.115. The molecule has 174 valence electrons. The molecule has 0 saturated carbocycles. The quantitative estimate of drug-likeness (QED) is 0.210. The zero-order valence-electron chi connectivity index (χ0n) is 18.7. The van der Waals surface area contributed by atoms with Gasteiger partial charge in [-0.1, -0.05) is 72.8 Å². The van der Waals surface area contributed by atoms with Crippen molar-refractivity contribution in [3.8, 4) is 5.75 Å². The van der Waals surface area contributed by atoms with Crippen molar-refractivity contribution in [1.29, 1.82) is 0 Å². The van der Waals surface area contributed by atoms with E-state index in [0.717, 1.165) is 21.9 Å². The van der Waals surface area contributed by atoms with Gasteiger partial charge in [0.15, 0.2) is 5.11 Å². The molecule has 0 spiro atoms. The van der Waals surface area contributed by atoms with Crippen molar-refractivity contribution >= 4 is 46.0 Å². The zero-order chi connectivity index (χ0) is 24.5. The Balaban J connectivity index is 1.24. The van der Waals surface area contributed by atoms with Crippen molar-refractivity contribution in [2.45, 2.75) is 6.61 Å². The summed E-state index contributed by atoms with van der Waals surface area (Å²) in [5.74, 6) is -0.161. The van der Waals surface area contributed by atoms with Crippen LogP contribution in [-0.4, -0.2) is 16.9 Å². The van der Waals surface area contributed by atoms with Gasteiger partial charge in [-0.2, -0.15) is 0 Å². The molecule has 4 aromatic carbocycles. The second kappa shape index (κ2) is 11.6. The molecule has 2 amide bonds. The Kier molecular flexibility index (Phi) is 7.83. The van der Waals surface area contributed by atoms with Crippen LogP contribution in [0.25, 0.3) is 16.8 Å². The number of hydrogen-bond acceptors (Lipinski definition) is 4. The number of rotatable bonds is 6. The number of ether oxygens (including phenoxy) is 1. The molecule has 4 aromatic rings. The van der Waals surface area contributed by atoms with E-state index < -0.39 is 11.8 Å². The molecule has 35 heavy (non-hydrogen) atoms. The average molecular weight is 482 g/mol. The molecule has 7 heteroatoms.